The maximum absolute atomic E-state index is 12.7. The zero-order valence-electron chi connectivity index (χ0n) is 18.0. The Morgan fingerprint density at radius 1 is 1.14 bits per heavy atom. The van der Waals surface area contributed by atoms with Crippen LogP contribution in [0.3, 0.4) is 0 Å². The van der Waals surface area contributed by atoms with E-state index in [2.05, 4.69) is 21.2 Å². The van der Waals surface area contributed by atoms with Crippen LogP contribution in [0.2, 0.25) is 0 Å². The van der Waals surface area contributed by atoms with Crippen LogP contribution < -0.4 is 14.2 Å². The standard InChI is InChI=1S/C23H16BrN3O7S/c1-33-20-4-2-3-18(13-20)26-23(28)16(14-25)11-15-12-17(24)5-10-22(15)34-35(31,32)21-8-6-19(7-9-21)27(29)30/h2-13H,1H3,(H,26,28)/b16-11+. The van der Waals surface area contributed by atoms with Gasteiger partial charge in [0, 0.05) is 33.9 Å². The number of nitrogens with zero attached hydrogens (tertiary/aromatic N) is 2. The van der Waals surface area contributed by atoms with Gasteiger partial charge in [0.05, 0.1) is 12.0 Å². The van der Waals surface area contributed by atoms with Crippen molar-refractivity contribution in [1.29, 1.82) is 5.26 Å². The van der Waals surface area contributed by atoms with E-state index in [0.29, 0.717) is 15.9 Å². The number of benzene rings is 3. The first-order chi connectivity index (χ1) is 16.6. The molecular weight excluding hydrogens is 542 g/mol. The number of hydrogen-bond donors (Lipinski definition) is 1. The summed E-state index contributed by atoms with van der Waals surface area (Å²) in [5, 5.41) is 22.9. The van der Waals surface area contributed by atoms with Crippen molar-refractivity contribution in [1.82, 2.24) is 0 Å². The lowest BCUT2D eigenvalue weighted by Crippen LogP contribution is -2.14. The molecule has 0 heterocycles. The lowest BCUT2D eigenvalue weighted by atomic mass is 10.1. The van der Waals surface area contributed by atoms with Gasteiger partial charge in [-0.1, -0.05) is 22.0 Å². The number of ether oxygens (including phenoxy) is 1. The number of carbonyl (C=O) groups excluding carboxylic acids is 1. The number of nitro groups is 1. The van der Waals surface area contributed by atoms with Crippen molar-refractivity contribution < 1.29 is 27.1 Å². The van der Waals surface area contributed by atoms with Crippen LogP contribution in [-0.4, -0.2) is 26.4 Å². The Bertz CT molecular complexity index is 1460. The molecule has 0 bridgehead atoms. The Hall–Kier alpha value is -4.21. The molecule has 12 heteroatoms. The molecule has 1 amide bonds. The largest absolute Gasteiger partial charge is 0.497 e. The number of nitriles is 1. The average Bonchev–Trinajstić information content (AvgIpc) is 2.84. The molecule has 3 aromatic rings. The molecule has 1 N–H and O–H groups in total. The van der Waals surface area contributed by atoms with E-state index < -0.39 is 20.9 Å². The van der Waals surface area contributed by atoms with Crippen LogP contribution in [0.25, 0.3) is 6.08 Å². The molecule has 0 unspecified atom stereocenters. The van der Waals surface area contributed by atoms with Gasteiger partial charge in [0.1, 0.15) is 28.0 Å². The summed E-state index contributed by atoms with van der Waals surface area (Å²) >= 11 is 3.27. The molecule has 3 aromatic carbocycles. The average molecular weight is 558 g/mol. The summed E-state index contributed by atoms with van der Waals surface area (Å²) in [6.07, 6.45) is 1.18. The van der Waals surface area contributed by atoms with Gasteiger partial charge in [0.25, 0.3) is 11.6 Å². The zero-order chi connectivity index (χ0) is 25.6. The summed E-state index contributed by atoms with van der Waals surface area (Å²) < 4.78 is 36.3. The van der Waals surface area contributed by atoms with Gasteiger partial charge in [-0.25, -0.2) is 0 Å². The summed E-state index contributed by atoms with van der Waals surface area (Å²) in [4.78, 5) is 22.5. The van der Waals surface area contributed by atoms with Gasteiger partial charge in [-0.3, -0.25) is 14.9 Å². The van der Waals surface area contributed by atoms with Crippen molar-refractivity contribution >= 4 is 49.4 Å². The number of methoxy groups -OCH3 is 1. The SMILES string of the molecule is COc1cccc(NC(=O)/C(C#N)=C/c2cc(Br)ccc2OS(=O)(=O)c2ccc([N+](=O)[O-])cc2)c1. The molecule has 0 aliphatic rings. The van der Waals surface area contributed by atoms with E-state index >= 15 is 0 Å². The second-order valence-electron chi connectivity index (χ2n) is 6.83. The second-order valence-corrected chi connectivity index (χ2v) is 9.29. The van der Waals surface area contributed by atoms with E-state index in [0.717, 1.165) is 24.3 Å². The fourth-order valence-electron chi connectivity index (χ4n) is 2.81. The van der Waals surface area contributed by atoms with Gasteiger partial charge in [0.15, 0.2) is 0 Å². The Morgan fingerprint density at radius 2 is 1.86 bits per heavy atom. The number of nitro benzene ring substituents is 1. The normalized spacial score (nSPS) is 11.3. The summed E-state index contributed by atoms with van der Waals surface area (Å²) in [5.41, 5.74) is -0.0791. The number of halogens is 1. The van der Waals surface area contributed by atoms with E-state index in [9.17, 15) is 28.6 Å². The second kappa shape index (κ2) is 10.8. The minimum atomic E-state index is -4.37. The molecule has 10 nitrogen and oxygen atoms in total. The molecule has 178 valence electrons. The highest BCUT2D eigenvalue weighted by Crippen LogP contribution is 2.29. The Balaban J connectivity index is 1.92. The van der Waals surface area contributed by atoms with E-state index in [4.69, 9.17) is 8.92 Å². The van der Waals surface area contributed by atoms with E-state index in [-0.39, 0.29) is 27.5 Å². The van der Waals surface area contributed by atoms with Crippen molar-refractivity contribution in [3.8, 4) is 17.6 Å². The molecular formula is C23H16BrN3O7S. The predicted octanol–water partition coefficient (Wildman–Crippen LogP) is 4.68. The van der Waals surface area contributed by atoms with E-state index in [1.165, 1.54) is 31.4 Å². The molecule has 0 aliphatic carbocycles. The summed E-state index contributed by atoms with van der Waals surface area (Å²) in [7, 11) is -2.90. The Kier molecular flexibility index (Phi) is 7.85. The number of hydrogen-bond acceptors (Lipinski definition) is 8. The van der Waals surface area contributed by atoms with Crippen LogP contribution in [0.5, 0.6) is 11.5 Å². The molecule has 0 aliphatic heterocycles. The maximum atomic E-state index is 12.7. The first kappa shape index (κ1) is 25.4. The predicted molar refractivity (Wildman–Crippen MR) is 130 cm³/mol. The topological polar surface area (TPSA) is 149 Å². The third-order valence-electron chi connectivity index (χ3n) is 4.50. The minimum Gasteiger partial charge on any atom is -0.497 e. The molecule has 35 heavy (non-hydrogen) atoms. The first-order valence-electron chi connectivity index (χ1n) is 9.68. The molecule has 0 saturated heterocycles. The van der Waals surface area contributed by atoms with E-state index in [1.54, 1.807) is 30.3 Å². The van der Waals surface area contributed by atoms with Crippen molar-refractivity contribution in [3.63, 3.8) is 0 Å². The molecule has 0 saturated carbocycles. The first-order valence-corrected chi connectivity index (χ1v) is 11.9. The monoisotopic (exact) mass is 557 g/mol. The highest BCUT2D eigenvalue weighted by Gasteiger charge is 2.20. The number of nitrogens with one attached hydrogen (secondary N) is 1. The van der Waals surface area contributed by atoms with Crippen LogP contribution in [0.15, 0.2) is 81.7 Å². The molecule has 0 radical (unpaired) electrons. The number of non-ortho nitro benzene ring substituents is 1. The summed E-state index contributed by atoms with van der Waals surface area (Å²) in [5.74, 6) is -0.386. The number of rotatable bonds is 8. The summed E-state index contributed by atoms with van der Waals surface area (Å²) in [6.45, 7) is 0. The van der Waals surface area contributed by atoms with Gasteiger partial charge in [-0.05, 0) is 48.5 Å². The lowest BCUT2D eigenvalue weighted by Gasteiger charge is -2.11. The van der Waals surface area contributed by atoms with Crippen molar-refractivity contribution in [2.45, 2.75) is 4.90 Å². The highest BCUT2D eigenvalue weighted by atomic mass is 79.9. The molecule has 0 aromatic heterocycles. The van der Waals surface area contributed by atoms with Gasteiger partial charge in [-0.2, -0.15) is 13.7 Å². The number of anilines is 1. The maximum Gasteiger partial charge on any atom is 0.339 e. The van der Waals surface area contributed by atoms with Crippen LogP contribution >= 0.6 is 15.9 Å². The zero-order valence-corrected chi connectivity index (χ0v) is 20.4. The number of carbonyl (C=O) groups is 1. The Morgan fingerprint density at radius 3 is 2.49 bits per heavy atom. The van der Waals surface area contributed by atoms with Crippen molar-refractivity contribution in [2.24, 2.45) is 0 Å². The van der Waals surface area contributed by atoms with Crippen LogP contribution in [0, 0.1) is 21.4 Å². The molecule has 0 spiro atoms. The van der Waals surface area contributed by atoms with Gasteiger partial charge >= 0.3 is 10.1 Å². The third kappa shape index (κ3) is 6.44. The van der Waals surface area contributed by atoms with E-state index in [1.807, 2.05) is 0 Å². The van der Waals surface area contributed by atoms with Crippen molar-refractivity contribution in [3.05, 3.63) is 92.5 Å². The van der Waals surface area contributed by atoms with Gasteiger partial charge in [-0.15, -0.1) is 0 Å². The Labute approximate surface area is 208 Å². The quantitative estimate of drug-likeness (QED) is 0.138. The van der Waals surface area contributed by atoms with Crippen LogP contribution in [0.1, 0.15) is 5.56 Å². The van der Waals surface area contributed by atoms with Crippen LogP contribution in [0.4, 0.5) is 11.4 Å². The van der Waals surface area contributed by atoms with Gasteiger partial charge in [0.2, 0.25) is 0 Å². The molecule has 0 atom stereocenters. The van der Waals surface area contributed by atoms with Crippen molar-refractivity contribution in [2.75, 3.05) is 12.4 Å². The third-order valence-corrected chi connectivity index (χ3v) is 6.24. The van der Waals surface area contributed by atoms with Crippen LogP contribution in [-0.2, 0) is 14.9 Å². The molecule has 0 fully saturated rings. The fraction of sp³-hybridized carbons (Fsp3) is 0.0435. The smallest absolute Gasteiger partial charge is 0.339 e. The number of amides is 1. The fourth-order valence-corrected chi connectivity index (χ4v) is 4.14. The summed E-state index contributed by atoms with van der Waals surface area (Å²) in [6, 6.07) is 16.8. The lowest BCUT2D eigenvalue weighted by molar-refractivity contribution is -0.384. The highest BCUT2D eigenvalue weighted by molar-refractivity contribution is 9.10. The van der Waals surface area contributed by atoms with Gasteiger partial charge < -0.3 is 14.2 Å². The minimum absolute atomic E-state index is 0.127. The molecule has 3 rings (SSSR count).